The Kier molecular flexibility index (Phi) is 2.84. The Morgan fingerprint density at radius 3 is 2.08 bits per heavy atom. The van der Waals surface area contributed by atoms with E-state index in [-0.39, 0.29) is 0 Å². The first-order valence-corrected chi connectivity index (χ1v) is 7.91. The number of hydrogen-bond acceptors (Lipinski definition) is 4. The van der Waals surface area contributed by atoms with Gasteiger partial charge in [-0.1, -0.05) is 0 Å². The molecule has 5 aromatic heterocycles. The van der Waals surface area contributed by atoms with E-state index in [9.17, 15) is 0 Å². The smallest absolute Gasteiger partial charge is 0.137 e. The molecule has 0 aliphatic carbocycles. The number of hydrogen-bond donors (Lipinski definition) is 3. The van der Waals surface area contributed by atoms with Gasteiger partial charge in [0.15, 0.2) is 0 Å². The lowest BCUT2D eigenvalue weighted by molar-refractivity contribution is 1.29. The van der Waals surface area contributed by atoms with Gasteiger partial charge in [-0.25, -0.2) is 15.0 Å². The quantitative estimate of drug-likeness (QED) is 0.460. The number of nitrogens with one attached hydrogen (secondary N) is 2. The van der Waals surface area contributed by atoms with E-state index in [1.54, 1.807) is 12.4 Å². The summed E-state index contributed by atoms with van der Waals surface area (Å²) in [5.74, 6) is 0.475. The number of anilines is 1. The first-order valence-electron chi connectivity index (χ1n) is 7.91. The SMILES string of the molecule is Nc1nc(-c2cnc3[nH]ccc3c2)ccc1-c1cnc2[nH]ccc2c1. The number of pyridine rings is 3. The second-order valence-electron chi connectivity index (χ2n) is 5.91. The van der Waals surface area contributed by atoms with Gasteiger partial charge in [0.05, 0.1) is 5.69 Å². The molecule has 5 heterocycles. The van der Waals surface area contributed by atoms with Crippen molar-refractivity contribution in [3.8, 4) is 22.4 Å². The van der Waals surface area contributed by atoms with Crippen molar-refractivity contribution in [2.45, 2.75) is 0 Å². The fourth-order valence-electron chi connectivity index (χ4n) is 3.05. The molecule has 0 atom stereocenters. The van der Waals surface area contributed by atoms with Crippen molar-refractivity contribution >= 4 is 27.9 Å². The molecule has 0 aliphatic heterocycles. The Balaban J connectivity index is 1.59. The summed E-state index contributed by atoms with van der Waals surface area (Å²) in [4.78, 5) is 19.6. The first-order chi connectivity index (χ1) is 12.3. The summed E-state index contributed by atoms with van der Waals surface area (Å²) in [5, 5.41) is 2.09. The summed E-state index contributed by atoms with van der Waals surface area (Å²) < 4.78 is 0. The van der Waals surface area contributed by atoms with Gasteiger partial charge in [0, 0.05) is 52.3 Å². The highest BCUT2D eigenvalue weighted by atomic mass is 14.9. The molecule has 0 fully saturated rings. The Bertz CT molecular complexity index is 1220. The van der Waals surface area contributed by atoms with Crippen molar-refractivity contribution in [1.29, 1.82) is 0 Å². The van der Waals surface area contributed by atoms with Crippen molar-refractivity contribution in [1.82, 2.24) is 24.9 Å². The van der Waals surface area contributed by atoms with Crippen molar-refractivity contribution in [2.24, 2.45) is 0 Å². The zero-order valence-electron chi connectivity index (χ0n) is 13.2. The monoisotopic (exact) mass is 326 g/mol. The highest BCUT2D eigenvalue weighted by Crippen LogP contribution is 2.29. The second kappa shape index (κ2) is 5.17. The van der Waals surface area contributed by atoms with Crippen LogP contribution in [0, 0.1) is 0 Å². The lowest BCUT2D eigenvalue weighted by Gasteiger charge is -2.08. The second-order valence-corrected chi connectivity index (χ2v) is 5.91. The predicted octanol–water partition coefficient (Wildman–Crippen LogP) is 3.75. The highest BCUT2D eigenvalue weighted by molar-refractivity contribution is 5.85. The van der Waals surface area contributed by atoms with E-state index in [2.05, 4.69) is 31.0 Å². The number of nitrogens with zero attached hydrogens (tertiary/aromatic N) is 3. The maximum Gasteiger partial charge on any atom is 0.137 e. The molecule has 5 rings (SSSR count). The molecule has 0 radical (unpaired) electrons. The van der Waals surface area contributed by atoms with Crippen LogP contribution in [0.4, 0.5) is 5.82 Å². The number of aromatic nitrogens is 5. The summed E-state index contributed by atoms with van der Waals surface area (Å²) >= 11 is 0. The normalized spacial score (nSPS) is 11.4. The van der Waals surface area contributed by atoms with E-state index in [0.717, 1.165) is 44.5 Å². The van der Waals surface area contributed by atoms with E-state index in [1.807, 2.05) is 42.7 Å². The van der Waals surface area contributed by atoms with E-state index < -0.39 is 0 Å². The lowest BCUT2D eigenvalue weighted by Crippen LogP contribution is -1.97. The van der Waals surface area contributed by atoms with Crippen LogP contribution in [0.2, 0.25) is 0 Å². The summed E-state index contributed by atoms with van der Waals surface area (Å²) in [7, 11) is 0. The number of nitrogens with two attached hydrogens (primary N) is 1. The summed E-state index contributed by atoms with van der Waals surface area (Å²) in [6.07, 6.45) is 7.35. The molecule has 120 valence electrons. The topological polar surface area (TPSA) is 96.3 Å². The maximum atomic E-state index is 6.23. The average Bonchev–Trinajstić information content (AvgIpc) is 3.29. The third-order valence-corrected chi connectivity index (χ3v) is 4.33. The summed E-state index contributed by atoms with van der Waals surface area (Å²) in [5.41, 5.74) is 11.5. The van der Waals surface area contributed by atoms with Crippen molar-refractivity contribution in [3.63, 3.8) is 0 Å². The Morgan fingerprint density at radius 1 is 0.760 bits per heavy atom. The highest BCUT2D eigenvalue weighted by Gasteiger charge is 2.09. The van der Waals surface area contributed by atoms with Gasteiger partial charge in [-0.15, -0.1) is 0 Å². The van der Waals surface area contributed by atoms with E-state index >= 15 is 0 Å². The molecule has 0 amide bonds. The Morgan fingerprint density at radius 2 is 1.40 bits per heavy atom. The number of aromatic amines is 2. The van der Waals surface area contributed by atoms with Gasteiger partial charge in [0.2, 0.25) is 0 Å². The van der Waals surface area contributed by atoms with Crippen LogP contribution in [0.25, 0.3) is 44.5 Å². The molecule has 6 heteroatoms. The van der Waals surface area contributed by atoms with Gasteiger partial charge in [-0.2, -0.15) is 0 Å². The molecule has 6 nitrogen and oxygen atoms in total. The van der Waals surface area contributed by atoms with Gasteiger partial charge < -0.3 is 15.7 Å². The zero-order chi connectivity index (χ0) is 16.8. The van der Waals surface area contributed by atoms with Crippen LogP contribution in [-0.4, -0.2) is 24.9 Å². The van der Waals surface area contributed by atoms with Crippen LogP contribution >= 0.6 is 0 Å². The van der Waals surface area contributed by atoms with Gasteiger partial charge >= 0.3 is 0 Å². The van der Waals surface area contributed by atoms with Crippen molar-refractivity contribution in [3.05, 3.63) is 61.2 Å². The molecule has 0 aliphatic rings. The van der Waals surface area contributed by atoms with Gasteiger partial charge in [-0.05, 0) is 36.4 Å². The van der Waals surface area contributed by atoms with Gasteiger partial charge in [0.25, 0.3) is 0 Å². The first kappa shape index (κ1) is 13.7. The third-order valence-electron chi connectivity index (χ3n) is 4.33. The average molecular weight is 326 g/mol. The molecule has 0 saturated carbocycles. The van der Waals surface area contributed by atoms with Gasteiger partial charge in [0.1, 0.15) is 17.1 Å². The number of fused-ring (bicyclic) bond motifs is 2. The van der Waals surface area contributed by atoms with Crippen molar-refractivity contribution in [2.75, 3.05) is 5.73 Å². The van der Waals surface area contributed by atoms with E-state index in [0.29, 0.717) is 5.82 Å². The minimum Gasteiger partial charge on any atom is -0.383 e. The Labute approximate surface area is 142 Å². The van der Waals surface area contributed by atoms with Crippen LogP contribution < -0.4 is 5.73 Å². The molecule has 0 spiro atoms. The van der Waals surface area contributed by atoms with E-state index in [1.165, 1.54) is 0 Å². The maximum absolute atomic E-state index is 6.23. The van der Waals surface area contributed by atoms with Crippen molar-refractivity contribution < 1.29 is 0 Å². The minimum atomic E-state index is 0.475. The molecule has 0 aromatic carbocycles. The van der Waals surface area contributed by atoms with Crippen LogP contribution in [0.3, 0.4) is 0 Å². The molecule has 4 N–H and O–H groups in total. The summed E-state index contributed by atoms with van der Waals surface area (Å²) in [6.45, 7) is 0. The lowest BCUT2D eigenvalue weighted by atomic mass is 10.1. The van der Waals surface area contributed by atoms with E-state index in [4.69, 9.17) is 5.73 Å². The van der Waals surface area contributed by atoms with Crippen LogP contribution in [0.1, 0.15) is 0 Å². The van der Waals surface area contributed by atoms with Crippen LogP contribution in [-0.2, 0) is 0 Å². The molecule has 25 heavy (non-hydrogen) atoms. The molecular formula is C19H14N6. The molecule has 0 saturated heterocycles. The number of H-pyrrole nitrogens is 2. The molecule has 0 unspecified atom stereocenters. The molecule has 0 bridgehead atoms. The van der Waals surface area contributed by atoms with Gasteiger partial charge in [-0.3, -0.25) is 0 Å². The molecular weight excluding hydrogens is 312 g/mol. The largest absolute Gasteiger partial charge is 0.383 e. The predicted molar refractivity (Wildman–Crippen MR) is 98.8 cm³/mol. The molecule has 5 aromatic rings. The Hall–Kier alpha value is -3.67. The number of nitrogen functional groups attached to an aromatic ring is 1. The number of rotatable bonds is 2. The van der Waals surface area contributed by atoms with Crippen LogP contribution in [0.5, 0.6) is 0 Å². The third kappa shape index (κ3) is 2.23. The standard InChI is InChI=1S/C19H14N6/c20-17-15(13-7-11-3-5-21-18(11)23-9-13)1-2-16(25-17)14-8-12-4-6-22-19(12)24-10-14/h1-10H,(H2,20,25)(H,21,23)(H,22,24). The van der Waals surface area contributed by atoms with Crippen LogP contribution in [0.15, 0.2) is 61.2 Å². The summed E-state index contributed by atoms with van der Waals surface area (Å²) in [6, 6.07) is 12.0. The minimum absolute atomic E-state index is 0.475. The fraction of sp³-hybridized carbons (Fsp3) is 0. The fourth-order valence-corrected chi connectivity index (χ4v) is 3.05. The zero-order valence-corrected chi connectivity index (χ0v) is 13.2.